The van der Waals surface area contributed by atoms with Crippen molar-refractivity contribution in [2.75, 3.05) is 5.32 Å². The number of nitrogens with zero attached hydrogens (tertiary/aromatic N) is 2. The zero-order valence-electron chi connectivity index (χ0n) is 18.7. The van der Waals surface area contributed by atoms with Crippen LogP contribution in [-0.4, -0.2) is 16.2 Å². The van der Waals surface area contributed by atoms with E-state index < -0.39 is 6.03 Å². The van der Waals surface area contributed by atoms with E-state index in [0.29, 0.717) is 23.9 Å². The summed E-state index contributed by atoms with van der Waals surface area (Å²) in [6, 6.07) is 13.6. The second-order valence-corrected chi connectivity index (χ2v) is 9.72. The van der Waals surface area contributed by atoms with E-state index >= 15 is 0 Å². The molecule has 3 N–H and O–H groups in total. The Labute approximate surface area is 183 Å². The molecular formula is C25H30N4O2. The van der Waals surface area contributed by atoms with E-state index in [2.05, 4.69) is 61.4 Å². The minimum absolute atomic E-state index is 0.138. The summed E-state index contributed by atoms with van der Waals surface area (Å²) < 4.78 is 5.98. The molecular weight excluding hydrogens is 388 g/mol. The maximum Gasteiger partial charge on any atom is 0.316 e. The van der Waals surface area contributed by atoms with Crippen LogP contribution in [0.4, 0.5) is 10.5 Å². The number of carbonyl (C=O) groups excluding carboxylic acids is 1. The van der Waals surface area contributed by atoms with Crippen molar-refractivity contribution >= 4 is 11.7 Å². The van der Waals surface area contributed by atoms with Gasteiger partial charge in [0.25, 0.3) is 0 Å². The third-order valence-electron chi connectivity index (χ3n) is 6.42. The fourth-order valence-corrected chi connectivity index (χ4v) is 4.34. The number of fused-ring (bicyclic) bond motifs is 1. The molecule has 4 rings (SSSR count). The summed E-state index contributed by atoms with van der Waals surface area (Å²) in [7, 11) is 0. The van der Waals surface area contributed by atoms with Crippen LogP contribution in [0.25, 0.3) is 11.5 Å². The maximum absolute atomic E-state index is 10.9. The van der Waals surface area contributed by atoms with Crippen LogP contribution in [0.15, 0.2) is 46.9 Å². The molecule has 6 heteroatoms. The van der Waals surface area contributed by atoms with E-state index in [1.165, 1.54) is 24.0 Å². The van der Waals surface area contributed by atoms with Gasteiger partial charge in [-0.2, -0.15) is 0 Å². The van der Waals surface area contributed by atoms with Gasteiger partial charge in [0, 0.05) is 17.7 Å². The topological polar surface area (TPSA) is 94.0 Å². The Hall–Kier alpha value is -3.15. The lowest BCUT2D eigenvalue weighted by molar-refractivity contribution is 0.259. The Morgan fingerprint density at radius 2 is 1.65 bits per heavy atom. The van der Waals surface area contributed by atoms with E-state index in [4.69, 9.17) is 10.2 Å². The lowest BCUT2D eigenvalue weighted by Crippen LogP contribution is -2.33. The molecule has 0 fully saturated rings. The number of primary amides is 1. The third-order valence-corrected chi connectivity index (χ3v) is 6.42. The number of amides is 2. The molecule has 0 spiro atoms. The summed E-state index contributed by atoms with van der Waals surface area (Å²) in [5, 5.41) is 11.1. The summed E-state index contributed by atoms with van der Waals surface area (Å²) in [6.07, 6.45) is 3.78. The quantitative estimate of drug-likeness (QED) is 0.583. The van der Waals surface area contributed by atoms with Crippen LogP contribution < -0.4 is 11.1 Å². The van der Waals surface area contributed by atoms with Gasteiger partial charge in [0.1, 0.15) is 0 Å². The highest BCUT2D eigenvalue weighted by atomic mass is 16.4. The second kappa shape index (κ2) is 7.84. The van der Waals surface area contributed by atoms with Crippen molar-refractivity contribution in [1.29, 1.82) is 0 Å². The second-order valence-electron chi connectivity index (χ2n) is 9.72. The number of urea groups is 1. The first-order valence-corrected chi connectivity index (χ1v) is 10.8. The van der Waals surface area contributed by atoms with Gasteiger partial charge < -0.3 is 15.5 Å². The van der Waals surface area contributed by atoms with E-state index in [1.54, 1.807) is 0 Å². The fourth-order valence-electron chi connectivity index (χ4n) is 4.34. The number of aryl methyl sites for hydroxylation is 2. The van der Waals surface area contributed by atoms with Crippen LogP contribution in [0, 0.1) is 0 Å². The van der Waals surface area contributed by atoms with E-state index in [9.17, 15) is 4.79 Å². The summed E-state index contributed by atoms with van der Waals surface area (Å²) in [5.74, 6) is 1.18. The highest BCUT2D eigenvalue weighted by Crippen LogP contribution is 2.46. The standard InChI is InChI=1S/C25H30N4O2/c1-24(2)13-14-25(3,4)20-15-17(8-11-19(20)24)22-29-28-21(31-22)12-7-16-5-9-18(10-6-16)27-23(26)30/h5-6,8-11,15H,7,12-14H2,1-4H3,(H3,26,27,30). The zero-order valence-corrected chi connectivity index (χ0v) is 18.7. The van der Waals surface area contributed by atoms with Crippen LogP contribution >= 0.6 is 0 Å². The predicted molar refractivity (Wildman–Crippen MR) is 122 cm³/mol. The molecule has 0 radical (unpaired) electrons. The molecule has 2 amide bonds. The molecule has 0 bridgehead atoms. The van der Waals surface area contributed by atoms with Gasteiger partial charge in [-0.15, -0.1) is 10.2 Å². The first-order valence-electron chi connectivity index (χ1n) is 10.8. The predicted octanol–water partition coefficient (Wildman–Crippen LogP) is 5.36. The molecule has 0 saturated heterocycles. The van der Waals surface area contributed by atoms with E-state index in [1.807, 2.05) is 24.3 Å². The monoisotopic (exact) mass is 418 g/mol. The van der Waals surface area contributed by atoms with Crippen LogP contribution in [-0.2, 0) is 23.7 Å². The van der Waals surface area contributed by atoms with Gasteiger partial charge in [-0.1, -0.05) is 45.9 Å². The molecule has 31 heavy (non-hydrogen) atoms. The van der Waals surface area contributed by atoms with E-state index in [0.717, 1.165) is 17.5 Å². The van der Waals surface area contributed by atoms with Crippen LogP contribution in [0.5, 0.6) is 0 Å². The van der Waals surface area contributed by atoms with Gasteiger partial charge in [0.15, 0.2) is 0 Å². The minimum atomic E-state index is -0.569. The Morgan fingerprint density at radius 1 is 0.968 bits per heavy atom. The Bertz CT molecular complexity index is 1100. The summed E-state index contributed by atoms with van der Waals surface area (Å²) >= 11 is 0. The molecule has 2 aromatic carbocycles. The van der Waals surface area contributed by atoms with Gasteiger partial charge in [0.05, 0.1) is 0 Å². The summed E-state index contributed by atoms with van der Waals surface area (Å²) in [6.45, 7) is 9.27. The molecule has 0 aliphatic heterocycles. The average Bonchev–Trinajstić information content (AvgIpc) is 3.19. The lowest BCUT2D eigenvalue weighted by atomic mass is 9.63. The third kappa shape index (κ3) is 4.48. The number of hydrogen-bond donors (Lipinski definition) is 2. The highest BCUT2D eigenvalue weighted by Gasteiger charge is 2.37. The Kier molecular flexibility index (Phi) is 5.33. The molecule has 1 aliphatic rings. The maximum atomic E-state index is 10.9. The van der Waals surface area contributed by atoms with Crippen LogP contribution in [0.3, 0.4) is 0 Å². The molecule has 0 saturated carbocycles. The molecule has 3 aromatic rings. The lowest BCUT2D eigenvalue weighted by Gasteiger charge is -2.41. The van der Waals surface area contributed by atoms with Crippen molar-refractivity contribution in [2.24, 2.45) is 5.73 Å². The first-order chi connectivity index (χ1) is 14.6. The van der Waals surface area contributed by atoms with Gasteiger partial charge in [-0.05, 0) is 71.0 Å². The molecule has 0 unspecified atom stereocenters. The molecule has 6 nitrogen and oxygen atoms in total. The fraction of sp³-hybridized carbons (Fsp3) is 0.400. The number of hydrogen-bond acceptors (Lipinski definition) is 4. The van der Waals surface area contributed by atoms with Crippen molar-refractivity contribution in [3.63, 3.8) is 0 Å². The molecule has 0 atom stereocenters. The molecule has 1 heterocycles. The number of nitrogens with one attached hydrogen (secondary N) is 1. The van der Waals surface area contributed by atoms with E-state index in [-0.39, 0.29) is 10.8 Å². The van der Waals surface area contributed by atoms with Crippen LogP contribution in [0.1, 0.15) is 63.1 Å². The van der Waals surface area contributed by atoms with Gasteiger partial charge >= 0.3 is 6.03 Å². The molecule has 1 aromatic heterocycles. The minimum Gasteiger partial charge on any atom is -0.421 e. The normalized spacial score (nSPS) is 16.5. The number of anilines is 1. The van der Waals surface area contributed by atoms with Gasteiger partial charge in [0.2, 0.25) is 11.8 Å². The smallest absolute Gasteiger partial charge is 0.316 e. The first kappa shape index (κ1) is 21.1. The van der Waals surface area contributed by atoms with Crippen molar-refractivity contribution < 1.29 is 9.21 Å². The van der Waals surface area contributed by atoms with Gasteiger partial charge in [-0.3, -0.25) is 0 Å². The number of aromatic nitrogens is 2. The summed E-state index contributed by atoms with van der Waals surface area (Å²) in [5.41, 5.74) is 11.0. The molecule has 1 aliphatic carbocycles. The zero-order chi connectivity index (χ0) is 22.2. The Balaban J connectivity index is 1.48. The molecule has 162 valence electrons. The number of nitrogens with two attached hydrogens (primary N) is 1. The van der Waals surface area contributed by atoms with Crippen LogP contribution in [0.2, 0.25) is 0 Å². The van der Waals surface area contributed by atoms with Gasteiger partial charge in [-0.25, -0.2) is 4.79 Å². The number of carbonyl (C=O) groups is 1. The largest absolute Gasteiger partial charge is 0.421 e. The SMILES string of the molecule is CC1(C)CCC(C)(C)c2cc(-c3nnc(CCc4ccc(NC(N)=O)cc4)o3)ccc21. The Morgan fingerprint density at radius 3 is 2.32 bits per heavy atom. The van der Waals surface area contributed by atoms with Crippen molar-refractivity contribution in [3.8, 4) is 11.5 Å². The van der Waals surface area contributed by atoms with Crippen molar-refractivity contribution in [2.45, 2.75) is 64.2 Å². The highest BCUT2D eigenvalue weighted by molar-refractivity contribution is 5.87. The van der Waals surface area contributed by atoms with Crippen molar-refractivity contribution in [1.82, 2.24) is 10.2 Å². The average molecular weight is 419 g/mol. The summed E-state index contributed by atoms with van der Waals surface area (Å²) in [4.78, 5) is 10.9. The van der Waals surface area contributed by atoms with Crippen molar-refractivity contribution in [3.05, 3.63) is 65.0 Å². The number of benzene rings is 2. The number of rotatable bonds is 5.